The Kier molecular flexibility index (Phi) is 13.4. The number of amides is 2. The summed E-state index contributed by atoms with van der Waals surface area (Å²) in [7, 11) is -3.82. The molecule has 0 aliphatic carbocycles. The van der Waals surface area contributed by atoms with Gasteiger partial charge >= 0.3 is 12.2 Å². The van der Waals surface area contributed by atoms with Gasteiger partial charge in [-0.15, -0.1) is 0 Å². The van der Waals surface area contributed by atoms with Crippen LogP contribution in [-0.4, -0.2) is 114 Å². The van der Waals surface area contributed by atoms with E-state index in [2.05, 4.69) is 19.9 Å². The Bertz CT molecular complexity index is 2030. The van der Waals surface area contributed by atoms with Crippen molar-refractivity contribution in [3.8, 4) is 0 Å². The van der Waals surface area contributed by atoms with Crippen molar-refractivity contribution < 1.29 is 36.3 Å². The zero-order valence-corrected chi connectivity index (χ0v) is 33.8. The van der Waals surface area contributed by atoms with Crippen molar-refractivity contribution in [3.63, 3.8) is 0 Å². The Labute approximate surface area is 330 Å². The van der Waals surface area contributed by atoms with E-state index in [4.69, 9.17) is 9.47 Å². The van der Waals surface area contributed by atoms with Crippen LogP contribution in [0, 0.1) is 11.6 Å². The van der Waals surface area contributed by atoms with Gasteiger partial charge in [0.1, 0.15) is 27.7 Å². The Morgan fingerprint density at radius 2 is 0.946 bits per heavy atom. The Morgan fingerprint density at radius 1 is 0.571 bits per heavy atom. The van der Waals surface area contributed by atoms with Gasteiger partial charge in [-0.3, -0.25) is 0 Å². The number of hydrogen-bond acceptors (Lipinski definition) is 13. The normalized spacial score (nSPS) is 15.1. The van der Waals surface area contributed by atoms with Crippen LogP contribution in [0.4, 0.5) is 30.3 Å². The second-order valence-corrected chi connectivity index (χ2v) is 18.0. The van der Waals surface area contributed by atoms with E-state index in [1.807, 2.05) is 51.3 Å². The molecule has 0 spiro atoms. The van der Waals surface area contributed by atoms with Crippen molar-refractivity contribution in [2.45, 2.75) is 72.3 Å². The fourth-order valence-corrected chi connectivity index (χ4v) is 7.26. The van der Waals surface area contributed by atoms with Crippen LogP contribution in [0.25, 0.3) is 0 Å². The molecule has 2 aromatic carbocycles. The lowest BCUT2D eigenvalue weighted by molar-refractivity contribution is 0.0229. The molecular formula is C38H46F2N8O6S2. The molecule has 2 amide bonds. The number of anilines is 2. The number of benzene rings is 2. The summed E-state index contributed by atoms with van der Waals surface area (Å²) < 4.78 is 62.0. The third-order valence-electron chi connectivity index (χ3n) is 8.14. The van der Waals surface area contributed by atoms with Crippen LogP contribution < -0.4 is 9.80 Å². The van der Waals surface area contributed by atoms with Crippen molar-refractivity contribution in [3.05, 3.63) is 85.0 Å². The monoisotopic (exact) mass is 812 g/mol. The van der Waals surface area contributed by atoms with Crippen LogP contribution in [0.2, 0.25) is 0 Å². The van der Waals surface area contributed by atoms with Gasteiger partial charge in [-0.1, -0.05) is 11.8 Å². The Balaban J connectivity index is 0.000000215. The largest absolute Gasteiger partial charge is 0.444 e. The molecule has 14 nitrogen and oxygen atoms in total. The van der Waals surface area contributed by atoms with Crippen molar-refractivity contribution in [2.75, 3.05) is 62.2 Å². The van der Waals surface area contributed by atoms with E-state index in [0.29, 0.717) is 64.3 Å². The van der Waals surface area contributed by atoms with Crippen LogP contribution in [0.15, 0.2) is 92.9 Å². The van der Waals surface area contributed by atoms with Gasteiger partial charge in [-0.25, -0.2) is 46.7 Å². The van der Waals surface area contributed by atoms with Crippen LogP contribution in [0.5, 0.6) is 0 Å². The van der Waals surface area contributed by atoms with E-state index in [-0.39, 0.29) is 27.8 Å². The number of halogens is 2. The number of nitrogens with zero attached hydrogens (tertiary/aromatic N) is 8. The number of carbonyl (C=O) groups is 2. The fraction of sp³-hybridized carbons (Fsp3) is 0.421. The highest BCUT2D eigenvalue weighted by Crippen LogP contribution is 2.27. The molecule has 4 heterocycles. The summed E-state index contributed by atoms with van der Waals surface area (Å²) in [6.45, 7) is 15.4. The van der Waals surface area contributed by atoms with Gasteiger partial charge < -0.3 is 29.1 Å². The number of piperazine rings is 2. The second-order valence-electron chi connectivity index (χ2n) is 14.9. The van der Waals surface area contributed by atoms with Gasteiger partial charge in [0.2, 0.25) is 21.7 Å². The Morgan fingerprint density at radius 3 is 1.34 bits per heavy atom. The number of sulfone groups is 1. The minimum absolute atomic E-state index is 0.0266. The molecule has 4 aromatic rings. The van der Waals surface area contributed by atoms with Gasteiger partial charge in [-0.2, -0.15) is 0 Å². The molecule has 0 saturated carbocycles. The lowest BCUT2D eigenvalue weighted by Crippen LogP contribution is -2.50. The zero-order valence-electron chi connectivity index (χ0n) is 32.2. The van der Waals surface area contributed by atoms with Gasteiger partial charge in [0, 0.05) is 74.5 Å². The van der Waals surface area contributed by atoms with Crippen LogP contribution in [0.1, 0.15) is 41.5 Å². The summed E-state index contributed by atoms with van der Waals surface area (Å²) in [6, 6.07) is 10.9. The van der Waals surface area contributed by atoms with E-state index < -0.39 is 26.9 Å². The van der Waals surface area contributed by atoms with E-state index in [9.17, 15) is 26.8 Å². The molecular weight excluding hydrogens is 767 g/mol. The predicted molar refractivity (Wildman–Crippen MR) is 206 cm³/mol. The molecule has 56 heavy (non-hydrogen) atoms. The number of carbonyl (C=O) groups excluding carboxylic acids is 2. The van der Waals surface area contributed by atoms with Crippen LogP contribution in [0.3, 0.4) is 0 Å². The van der Waals surface area contributed by atoms with E-state index in [0.717, 1.165) is 21.9 Å². The van der Waals surface area contributed by atoms with E-state index in [1.54, 1.807) is 34.3 Å². The lowest BCUT2D eigenvalue weighted by Gasteiger charge is -2.35. The molecule has 0 radical (unpaired) electrons. The fourth-order valence-electron chi connectivity index (χ4n) is 5.36. The standard InChI is InChI=1S/C19H23FN4O4S.C19H23FN4O2S/c1-19(2,3)28-18(25)24-10-8-23(9-11-24)17-21-12-16(13-22-17)29(26,27)15-6-4-14(20)5-7-15;1-19(2,3)26-18(25)24-10-8-23(9-11-24)17-21-12-16(13-22-17)27-15-6-4-14(20)5-7-15/h4-7,12-13H,8-11H2,1-3H3;4-7,12-13H,8-11H2,1-3H3. The van der Waals surface area contributed by atoms with Gasteiger partial charge in [0.05, 0.1) is 17.3 Å². The number of ether oxygens (including phenoxy) is 2. The van der Waals surface area contributed by atoms with Gasteiger partial charge in [0.15, 0.2) is 0 Å². The van der Waals surface area contributed by atoms with Crippen LogP contribution in [-0.2, 0) is 19.3 Å². The smallest absolute Gasteiger partial charge is 0.410 e. The van der Waals surface area contributed by atoms with Gasteiger partial charge in [-0.05, 0) is 90.1 Å². The molecule has 0 unspecified atom stereocenters. The molecule has 0 atom stereocenters. The number of hydrogen-bond donors (Lipinski definition) is 0. The maximum Gasteiger partial charge on any atom is 0.410 e. The molecule has 6 rings (SSSR count). The number of aromatic nitrogens is 4. The van der Waals surface area contributed by atoms with Crippen molar-refractivity contribution in [2.24, 2.45) is 0 Å². The average Bonchev–Trinajstić information content (AvgIpc) is 3.15. The SMILES string of the molecule is CC(C)(C)OC(=O)N1CCN(c2ncc(S(=O)(=O)c3ccc(F)cc3)cn2)CC1.CC(C)(C)OC(=O)N1CCN(c2ncc(Sc3ccc(F)cc3)cn2)CC1. The first-order chi connectivity index (χ1) is 26.4. The summed E-state index contributed by atoms with van der Waals surface area (Å²) in [4.78, 5) is 50.4. The molecule has 2 aliphatic rings. The van der Waals surface area contributed by atoms with E-state index in [1.165, 1.54) is 48.4 Å². The first-order valence-electron chi connectivity index (χ1n) is 17.9. The topological polar surface area (TPSA) is 151 Å². The lowest BCUT2D eigenvalue weighted by atomic mass is 10.2. The zero-order chi connectivity index (χ0) is 40.7. The summed E-state index contributed by atoms with van der Waals surface area (Å²) in [6.07, 6.45) is 5.35. The summed E-state index contributed by atoms with van der Waals surface area (Å²) in [5.74, 6) is 0.256. The molecule has 2 saturated heterocycles. The second kappa shape index (κ2) is 17.8. The molecule has 2 aromatic heterocycles. The molecule has 18 heteroatoms. The minimum Gasteiger partial charge on any atom is -0.444 e. The molecule has 2 fully saturated rings. The van der Waals surface area contributed by atoms with Crippen molar-refractivity contribution in [1.29, 1.82) is 0 Å². The Hall–Kier alpha value is -5.10. The first-order valence-corrected chi connectivity index (χ1v) is 20.2. The quantitative estimate of drug-likeness (QED) is 0.200. The molecule has 0 N–H and O–H groups in total. The van der Waals surface area contributed by atoms with Crippen LogP contribution >= 0.6 is 11.8 Å². The summed E-state index contributed by atoms with van der Waals surface area (Å²) in [5.41, 5.74) is -1.04. The maximum absolute atomic E-state index is 13.0. The molecule has 2 aliphatic heterocycles. The maximum atomic E-state index is 13.0. The van der Waals surface area contributed by atoms with Crippen molar-refractivity contribution in [1.82, 2.24) is 29.7 Å². The highest BCUT2D eigenvalue weighted by Gasteiger charge is 2.28. The average molecular weight is 813 g/mol. The molecule has 0 bridgehead atoms. The predicted octanol–water partition coefficient (Wildman–Crippen LogP) is 6.33. The highest BCUT2D eigenvalue weighted by atomic mass is 32.2. The third-order valence-corrected chi connectivity index (χ3v) is 10.8. The molecule has 300 valence electrons. The van der Waals surface area contributed by atoms with Gasteiger partial charge in [0.25, 0.3) is 0 Å². The third kappa shape index (κ3) is 11.9. The van der Waals surface area contributed by atoms with E-state index >= 15 is 0 Å². The minimum atomic E-state index is -3.82. The first kappa shape index (κ1) is 42.1. The summed E-state index contributed by atoms with van der Waals surface area (Å²) >= 11 is 1.48. The highest BCUT2D eigenvalue weighted by molar-refractivity contribution is 7.99. The number of rotatable bonds is 6. The van der Waals surface area contributed by atoms with Crippen molar-refractivity contribution >= 4 is 45.7 Å². The summed E-state index contributed by atoms with van der Waals surface area (Å²) in [5, 5.41) is 0.